The molecule has 7 nitrogen and oxygen atoms in total. The number of unbranched alkanes of at least 4 members (excludes halogenated alkanes) is 1. The van der Waals surface area contributed by atoms with E-state index >= 15 is 0 Å². The van der Waals surface area contributed by atoms with Crippen LogP contribution in [-0.4, -0.2) is 68.0 Å². The number of piperazine rings is 1. The van der Waals surface area contributed by atoms with Crippen molar-refractivity contribution in [3.8, 4) is 5.75 Å². The fourth-order valence-corrected chi connectivity index (χ4v) is 4.65. The van der Waals surface area contributed by atoms with E-state index in [-0.39, 0.29) is 11.8 Å². The monoisotopic (exact) mass is 464 g/mol. The number of nitrogens with zero attached hydrogens (tertiary/aromatic N) is 2. The van der Waals surface area contributed by atoms with Crippen molar-refractivity contribution in [1.82, 2.24) is 20.4 Å². The van der Waals surface area contributed by atoms with Gasteiger partial charge in [0.1, 0.15) is 12.4 Å². The highest BCUT2D eigenvalue weighted by atomic mass is 16.5. The zero-order valence-electron chi connectivity index (χ0n) is 20.4. The van der Waals surface area contributed by atoms with Crippen LogP contribution in [0.15, 0.2) is 36.4 Å². The fourth-order valence-electron chi connectivity index (χ4n) is 4.65. The van der Waals surface area contributed by atoms with Crippen LogP contribution in [0, 0.1) is 0 Å². The molecule has 0 aromatic heterocycles. The number of amides is 2. The second-order valence-corrected chi connectivity index (χ2v) is 9.09. The van der Waals surface area contributed by atoms with Gasteiger partial charge in [-0.05, 0) is 53.8 Å². The van der Waals surface area contributed by atoms with Gasteiger partial charge in [-0.15, -0.1) is 0 Å². The minimum atomic E-state index is -0.145. The topological polar surface area (TPSA) is 73.9 Å². The molecule has 0 unspecified atom stereocenters. The lowest BCUT2D eigenvalue weighted by molar-refractivity contribution is 0.0751. The van der Waals surface area contributed by atoms with Crippen LogP contribution < -0.4 is 15.4 Å². The second-order valence-electron chi connectivity index (χ2n) is 9.09. The summed E-state index contributed by atoms with van der Waals surface area (Å²) in [5.41, 5.74) is 4.41. The summed E-state index contributed by atoms with van der Waals surface area (Å²) in [4.78, 5) is 30.0. The second kappa shape index (κ2) is 11.5. The van der Waals surface area contributed by atoms with Crippen LogP contribution in [0.2, 0.25) is 0 Å². The molecule has 2 aliphatic heterocycles. The molecule has 0 spiro atoms. The third-order valence-electron chi connectivity index (χ3n) is 6.70. The predicted molar refractivity (Wildman–Crippen MR) is 133 cm³/mol. The first-order valence-corrected chi connectivity index (χ1v) is 12.4. The van der Waals surface area contributed by atoms with Crippen LogP contribution in [-0.2, 0) is 19.5 Å². The van der Waals surface area contributed by atoms with Gasteiger partial charge in [-0.3, -0.25) is 14.5 Å². The van der Waals surface area contributed by atoms with Crippen LogP contribution >= 0.6 is 0 Å². The lowest BCUT2D eigenvalue weighted by Gasteiger charge is -2.26. The van der Waals surface area contributed by atoms with Gasteiger partial charge < -0.3 is 20.3 Å². The third-order valence-corrected chi connectivity index (χ3v) is 6.70. The largest absolute Gasteiger partial charge is 0.492 e. The van der Waals surface area contributed by atoms with E-state index in [1.165, 1.54) is 0 Å². The summed E-state index contributed by atoms with van der Waals surface area (Å²) in [6.07, 6.45) is 2.90. The zero-order chi connectivity index (χ0) is 23.9. The lowest BCUT2D eigenvalue weighted by atomic mass is 9.98. The summed E-state index contributed by atoms with van der Waals surface area (Å²) < 4.78 is 6.00. The Bertz CT molecular complexity index is 1020. The Balaban J connectivity index is 1.39. The molecule has 4 rings (SSSR count). The normalized spacial score (nSPS) is 15.8. The molecule has 2 aromatic carbocycles. The minimum Gasteiger partial charge on any atom is -0.492 e. The van der Waals surface area contributed by atoms with Gasteiger partial charge in [0, 0.05) is 64.0 Å². The van der Waals surface area contributed by atoms with Gasteiger partial charge in [0.15, 0.2) is 0 Å². The number of aryl methyl sites for hydroxylation is 1. The van der Waals surface area contributed by atoms with E-state index in [1.54, 1.807) is 13.1 Å². The summed E-state index contributed by atoms with van der Waals surface area (Å²) in [6.45, 7) is 9.03. The molecule has 2 N–H and O–H groups in total. The van der Waals surface area contributed by atoms with E-state index < -0.39 is 0 Å². The van der Waals surface area contributed by atoms with E-state index in [0.717, 1.165) is 74.4 Å². The van der Waals surface area contributed by atoms with Crippen molar-refractivity contribution in [3.05, 3.63) is 64.2 Å². The van der Waals surface area contributed by atoms with Crippen LogP contribution in [0.1, 0.15) is 57.2 Å². The van der Waals surface area contributed by atoms with E-state index in [0.29, 0.717) is 30.8 Å². The number of rotatable bonds is 9. The molecule has 1 saturated heterocycles. The van der Waals surface area contributed by atoms with Crippen molar-refractivity contribution in [2.45, 2.75) is 39.3 Å². The lowest BCUT2D eigenvalue weighted by Crippen LogP contribution is -2.44. The van der Waals surface area contributed by atoms with Gasteiger partial charge in [0.05, 0.1) is 0 Å². The van der Waals surface area contributed by atoms with Crippen molar-refractivity contribution in [3.63, 3.8) is 0 Å². The van der Waals surface area contributed by atoms with Crippen molar-refractivity contribution in [2.75, 3.05) is 46.4 Å². The molecule has 34 heavy (non-hydrogen) atoms. The van der Waals surface area contributed by atoms with Gasteiger partial charge in [0.2, 0.25) is 0 Å². The fraction of sp³-hybridized carbons (Fsp3) is 0.481. The average Bonchev–Trinajstić information content (AvgIpc) is 3.30. The quantitative estimate of drug-likeness (QED) is 0.597. The molecule has 2 aliphatic rings. The SMILES string of the molecule is CCCCc1ccc(C(=O)N2Cc3ccc(OCCN4CCNCC4)cc3C2)cc1C(=O)NC. The highest BCUT2D eigenvalue weighted by Crippen LogP contribution is 2.28. The molecule has 0 radical (unpaired) electrons. The molecule has 182 valence electrons. The number of benzene rings is 2. The molecular formula is C27H36N4O3. The van der Waals surface area contributed by atoms with Gasteiger partial charge in [-0.1, -0.05) is 25.5 Å². The standard InChI is InChI=1S/C27H36N4O3/c1-3-4-5-20-6-7-21(17-25(20)26(32)28-2)27(33)31-18-22-8-9-24(16-23(22)19-31)34-15-14-30-12-10-29-11-13-30/h6-9,16-17,29H,3-5,10-15,18-19H2,1-2H3,(H,28,32). The molecule has 2 amide bonds. The predicted octanol–water partition coefficient (Wildman–Crippen LogP) is 2.83. The van der Waals surface area contributed by atoms with E-state index in [9.17, 15) is 9.59 Å². The molecule has 0 saturated carbocycles. The molecule has 1 fully saturated rings. The molecular weight excluding hydrogens is 428 g/mol. The molecule has 0 atom stereocenters. The third kappa shape index (κ3) is 5.77. The number of nitrogens with one attached hydrogen (secondary N) is 2. The van der Waals surface area contributed by atoms with Crippen molar-refractivity contribution in [1.29, 1.82) is 0 Å². The number of hydrogen-bond donors (Lipinski definition) is 2. The summed E-state index contributed by atoms with van der Waals surface area (Å²) in [6, 6.07) is 11.7. The zero-order valence-corrected chi connectivity index (χ0v) is 20.4. The molecule has 7 heteroatoms. The molecule has 0 bridgehead atoms. The Morgan fingerprint density at radius 3 is 2.62 bits per heavy atom. The van der Waals surface area contributed by atoms with Crippen LogP contribution in [0.3, 0.4) is 0 Å². The van der Waals surface area contributed by atoms with Gasteiger partial charge >= 0.3 is 0 Å². The van der Waals surface area contributed by atoms with E-state index in [2.05, 4.69) is 34.6 Å². The number of carbonyl (C=O) groups is 2. The van der Waals surface area contributed by atoms with E-state index in [4.69, 9.17) is 4.74 Å². The van der Waals surface area contributed by atoms with Crippen molar-refractivity contribution in [2.24, 2.45) is 0 Å². The highest BCUT2D eigenvalue weighted by molar-refractivity contribution is 6.00. The molecule has 0 aliphatic carbocycles. The van der Waals surface area contributed by atoms with Gasteiger partial charge in [-0.2, -0.15) is 0 Å². The average molecular weight is 465 g/mol. The highest BCUT2D eigenvalue weighted by Gasteiger charge is 2.26. The Kier molecular flexibility index (Phi) is 8.19. The first-order chi connectivity index (χ1) is 16.6. The first-order valence-electron chi connectivity index (χ1n) is 12.4. The summed E-state index contributed by atoms with van der Waals surface area (Å²) >= 11 is 0. The van der Waals surface area contributed by atoms with Crippen LogP contribution in [0.25, 0.3) is 0 Å². The molecule has 2 aromatic rings. The molecule has 2 heterocycles. The number of hydrogen-bond acceptors (Lipinski definition) is 5. The maximum atomic E-state index is 13.3. The number of carbonyl (C=O) groups excluding carboxylic acids is 2. The Hall–Kier alpha value is -2.90. The smallest absolute Gasteiger partial charge is 0.254 e. The van der Waals surface area contributed by atoms with Crippen LogP contribution in [0.5, 0.6) is 5.75 Å². The van der Waals surface area contributed by atoms with Crippen molar-refractivity contribution < 1.29 is 14.3 Å². The Morgan fingerprint density at radius 1 is 1.06 bits per heavy atom. The van der Waals surface area contributed by atoms with E-state index in [1.807, 2.05) is 23.1 Å². The Morgan fingerprint density at radius 2 is 1.85 bits per heavy atom. The maximum absolute atomic E-state index is 13.3. The maximum Gasteiger partial charge on any atom is 0.254 e. The van der Waals surface area contributed by atoms with Gasteiger partial charge in [-0.25, -0.2) is 0 Å². The summed E-state index contributed by atoms with van der Waals surface area (Å²) in [7, 11) is 1.63. The number of fused-ring (bicyclic) bond motifs is 1. The summed E-state index contributed by atoms with van der Waals surface area (Å²) in [5, 5.41) is 6.07. The first kappa shape index (κ1) is 24.2. The number of ether oxygens (including phenoxy) is 1. The van der Waals surface area contributed by atoms with Crippen LogP contribution in [0.4, 0.5) is 0 Å². The Labute approximate surface area is 202 Å². The van der Waals surface area contributed by atoms with Gasteiger partial charge in [0.25, 0.3) is 11.8 Å². The van der Waals surface area contributed by atoms with Crippen molar-refractivity contribution >= 4 is 11.8 Å². The summed E-state index contributed by atoms with van der Waals surface area (Å²) in [5.74, 6) is 0.656. The minimum absolute atomic E-state index is 0.0513.